The average Bonchev–Trinajstić information content (AvgIpc) is 1.08. The number of nitrogens with one attached hydrogen (secondary N) is 3. The van der Waals surface area contributed by atoms with Gasteiger partial charge in [0.15, 0.2) is 11.6 Å². The smallest absolute Gasteiger partial charge is 0.258 e. The highest BCUT2D eigenvalue weighted by Crippen LogP contribution is 2.47. The highest BCUT2D eigenvalue weighted by molar-refractivity contribution is 7.60. The Balaban J connectivity index is 0.000000282. The second-order valence-corrected chi connectivity index (χ2v) is 38.6. The Kier molecular flexibility index (Phi) is 42.9. The van der Waals surface area contributed by atoms with E-state index in [1.165, 1.54) is 12.1 Å². The van der Waals surface area contributed by atoms with Gasteiger partial charge in [-0.25, -0.2) is 48.7 Å². The lowest BCUT2D eigenvalue weighted by Gasteiger charge is -2.37. The number of hydrogen-bond acceptors (Lipinski definition) is 21. The van der Waals surface area contributed by atoms with Gasteiger partial charge in [-0.2, -0.15) is 81.0 Å². The maximum Gasteiger partial charge on any atom is 0.258 e. The molecule has 11 N–H and O–H groups in total. The summed E-state index contributed by atoms with van der Waals surface area (Å²) in [5.74, 6) is 2.91. The van der Waals surface area contributed by atoms with Gasteiger partial charge >= 0.3 is 0 Å². The summed E-state index contributed by atoms with van der Waals surface area (Å²) in [4.78, 5) is 91.1. The number of nitrogens with zero attached hydrogens (tertiary/aromatic N) is 13. The third kappa shape index (κ3) is 26.1. The van der Waals surface area contributed by atoms with Crippen LogP contribution < -0.4 is 57.8 Å². The molecule has 0 bridgehead atoms. The molecule has 766 valence electrons. The minimum absolute atomic E-state index is 0. The van der Waals surface area contributed by atoms with Crippen LogP contribution in [0.15, 0.2) is 73.8 Å². The number of imidazole rings is 4. The number of benzene rings is 4. The number of aromatic nitrogens is 12. The van der Waals surface area contributed by atoms with E-state index >= 15 is 8.78 Å². The molecule has 15 rings (SSSR count). The van der Waals surface area contributed by atoms with Gasteiger partial charge in [0.2, 0.25) is 0 Å². The number of nitrogen functional groups attached to an aromatic ring is 4. The van der Waals surface area contributed by atoms with Crippen LogP contribution in [0.1, 0.15) is 307 Å². The van der Waals surface area contributed by atoms with Crippen molar-refractivity contribution in [1.82, 2.24) is 78.3 Å². The minimum Gasteiger partial charge on any atom is -0.490 e. The van der Waals surface area contributed by atoms with Gasteiger partial charge in [0.05, 0.1) is 80.6 Å². The zero-order valence-corrected chi connectivity index (χ0v) is 92.7. The molecule has 0 spiro atoms. The second-order valence-electron chi connectivity index (χ2n) is 37.0. The summed E-state index contributed by atoms with van der Waals surface area (Å²) < 4.78 is 68.7. The van der Waals surface area contributed by atoms with Gasteiger partial charge in [-0.1, -0.05) is 87.9 Å². The van der Waals surface area contributed by atoms with E-state index in [1.54, 1.807) is 37.2 Å². The summed E-state index contributed by atoms with van der Waals surface area (Å²) in [5.41, 5.74) is 34.7. The van der Waals surface area contributed by atoms with Gasteiger partial charge in [-0.15, -0.1) is 0 Å². The number of hydrogen-bond donors (Lipinski definition) is 7. The molecule has 3 aliphatic rings. The number of rotatable bonds is 25. The summed E-state index contributed by atoms with van der Waals surface area (Å²) in [6, 6.07) is 6.80. The maximum absolute atomic E-state index is 15.5. The quantitative estimate of drug-likeness (QED) is 0.0279. The molecular formula is C99H138Cl4F2N20O9S6. The molecule has 1 saturated heterocycles. The number of nitrogens with two attached hydrogens (primary N) is 4. The highest BCUT2D eigenvalue weighted by atomic mass is 35.5. The van der Waals surface area contributed by atoms with Crippen molar-refractivity contribution in [2.45, 2.75) is 270 Å². The fourth-order valence-corrected chi connectivity index (χ4v) is 18.5. The SMILES string of the molecule is CCCNC(=O)c1c(F)c(Cl)cc([C@H](C)c2nc(C)c3c(N)nccn23)c1OC(C)C.Cc1c(Cl)cc([C@H](C)c2nc(C)c3c(N)nccn23)c(OC(C)C)c1C(=O)N1C[C@H](C)O[C@@H](C)C1.Cc1c(Cl)cc([C@H](C)c2nc(C)c3c(N)nccn23)c(OC(C)C)c1C(=O)NCC1CC1.Cc1nc([C@@H](C)c2cc(Cl)c(F)c(C(=O)NC3(C)CCC(C)CC3)c2OC(C)C)n2ccnc(N)c12.S.S.S.S.S.S. The maximum atomic E-state index is 15.5. The molecule has 41 heteroatoms. The number of morpholine rings is 1. The van der Waals surface area contributed by atoms with E-state index in [0.717, 1.165) is 89.4 Å². The van der Waals surface area contributed by atoms with Gasteiger partial charge in [0, 0.05) is 137 Å². The number of aryl methyl sites for hydroxylation is 4. The highest BCUT2D eigenvalue weighted by Gasteiger charge is 2.40. The van der Waals surface area contributed by atoms with Gasteiger partial charge in [0.1, 0.15) is 103 Å². The third-order valence-corrected chi connectivity index (χ3v) is 25.9. The van der Waals surface area contributed by atoms with E-state index in [9.17, 15) is 19.2 Å². The van der Waals surface area contributed by atoms with E-state index in [1.807, 2.05) is 199 Å². The topological polar surface area (TPSA) is 379 Å². The van der Waals surface area contributed by atoms with Crippen molar-refractivity contribution in [2.75, 3.05) is 49.1 Å². The standard InChI is InChI=1S/C27H35ClFN5O2.C26H34ClN5O3.C24H30ClN5O2.C22H27ClFN5O2.6H2S/c1-14(2)36-23-18(16(4)25-32-17(5)22-24(30)31-11-12-34(22)25)13-19(28)21(29)20(23)26(35)33-27(6)9-7-15(3)8-10-27;1-13(2)34-23-19(16(5)25-30-18(7)22-24(28)29-8-9-32(22)25)10-20(27)17(6)21(23)26(33)31-11-14(3)35-15(4)12-31;1-12(2)32-21-17(10-18(25)14(4)19(21)24(31)28-11-16-6-7-16)13(3)23-29-15(5)20-22(26)27-8-9-30(20)23;1-6-7-27-22(30)16-17(24)15(23)10-14(19(16)31-11(2)3)12(4)21-28-13(5)18-20(25)26-8-9-29(18)21;;;;;;/h11-16H,7-10H2,1-6H3,(H2,30,31)(H,33,35);8-10,13-16H,11-12H2,1-7H3,(H2,28,29);8-10,12-13,16H,6-7,11H2,1-5H3,(H2,26,27)(H,28,31);8-12H,6-7H2,1-5H3,(H2,25,26)(H,27,30);6*1H2/t15?,16-,27?;14-,15-,16-;13-;12-;;;;;;/m0000....../s1. The van der Waals surface area contributed by atoms with Crippen molar-refractivity contribution >= 4 is 196 Å². The van der Waals surface area contributed by atoms with Crippen molar-refractivity contribution in [3.05, 3.63) is 207 Å². The first-order chi connectivity index (χ1) is 63.3. The number of ether oxygens (including phenoxy) is 5. The molecule has 12 aromatic rings. The van der Waals surface area contributed by atoms with E-state index in [4.69, 9.17) is 108 Å². The molecule has 0 unspecified atom stereocenters. The lowest BCUT2D eigenvalue weighted by Crippen LogP contribution is -2.48. The van der Waals surface area contributed by atoms with Crippen LogP contribution in [-0.2, 0) is 4.74 Å². The van der Waals surface area contributed by atoms with Crippen LogP contribution in [0.25, 0.3) is 22.1 Å². The van der Waals surface area contributed by atoms with Crippen molar-refractivity contribution in [3.63, 3.8) is 0 Å². The van der Waals surface area contributed by atoms with E-state index in [2.05, 4.69) is 47.8 Å². The molecule has 2 aliphatic carbocycles. The molecule has 1 aliphatic heterocycles. The summed E-state index contributed by atoms with van der Waals surface area (Å²) in [6.45, 7) is 46.5. The first-order valence-corrected chi connectivity index (χ1v) is 47.3. The molecule has 2 saturated carbocycles. The van der Waals surface area contributed by atoms with Gasteiger partial charge < -0.3 is 67.5 Å². The number of anilines is 4. The second kappa shape index (κ2) is 50.3. The third-order valence-electron chi connectivity index (χ3n) is 24.6. The molecule has 9 heterocycles. The monoisotopic (exact) mass is 2120 g/mol. The Morgan fingerprint density at radius 1 is 0.450 bits per heavy atom. The van der Waals surface area contributed by atoms with Gasteiger partial charge in [0.25, 0.3) is 23.6 Å². The Bertz CT molecular complexity index is 6420. The molecule has 0 radical (unpaired) electrons. The zero-order chi connectivity index (χ0) is 98.0. The Hall–Kier alpha value is -9.28. The van der Waals surface area contributed by atoms with Crippen LogP contribution in [0, 0.1) is 65.0 Å². The Labute approximate surface area is 880 Å². The van der Waals surface area contributed by atoms with Crippen LogP contribution in [0.5, 0.6) is 23.0 Å². The zero-order valence-electron chi connectivity index (χ0n) is 83.7. The van der Waals surface area contributed by atoms with Crippen LogP contribution in [0.3, 0.4) is 0 Å². The predicted octanol–water partition coefficient (Wildman–Crippen LogP) is 20.6. The van der Waals surface area contributed by atoms with E-state index < -0.39 is 34.9 Å². The molecule has 3 fully saturated rings. The number of amides is 4. The average molecular weight is 2120 g/mol. The number of halogens is 6. The largest absolute Gasteiger partial charge is 0.490 e. The molecule has 29 nitrogen and oxygen atoms in total. The lowest BCUT2D eigenvalue weighted by atomic mass is 9.78. The van der Waals surface area contributed by atoms with Gasteiger partial charge in [-0.05, 0) is 210 Å². The molecule has 8 aromatic heterocycles. The molecule has 140 heavy (non-hydrogen) atoms. The fraction of sp³-hybridized carbons (Fsp3) is 0.475. The molecule has 6 atom stereocenters. The van der Waals surface area contributed by atoms with Crippen LogP contribution >= 0.6 is 127 Å². The fourth-order valence-electron chi connectivity index (χ4n) is 17.6. The van der Waals surface area contributed by atoms with E-state index in [-0.39, 0.29) is 180 Å². The van der Waals surface area contributed by atoms with Crippen LogP contribution in [0.4, 0.5) is 32.1 Å². The van der Waals surface area contributed by atoms with Crippen LogP contribution in [0.2, 0.25) is 20.1 Å². The summed E-state index contributed by atoms with van der Waals surface area (Å²) >= 11 is 26.0. The van der Waals surface area contributed by atoms with E-state index in [0.29, 0.717) is 151 Å². The lowest BCUT2D eigenvalue weighted by molar-refractivity contribution is -0.0587. The molecule has 4 amide bonds. The Morgan fingerprint density at radius 2 is 0.743 bits per heavy atom. The number of fused-ring (bicyclic) bond motifs is 4. The summed E-state index contributed by atoms with van der Waals surface area (Å²) in [6.07, 6.45) is 19.5. The summed E-state index contributed by atoms with van der Waals surface area (Å²) in [5, 5.41) is 9.62. The van der Waals surface area contributed by atoms with Crippen molar-refractivity contribution < 1.29 is 51.6 Å². The summed E-state index contributed by atoms with van der Waals surface area (Å²) in [7, 11) is 0. The molecule has 4 aromatic carbocycles. The first kappa shape index (κ1) is 119. The number of carbonyl (C=O) groups is 4. The van der Waals surface area contributed by atoms with Crippen molar-refractivity contribution in [1.29, 1.82) is 0 Å². The number of carbonyl (C=O) groups excluding carboxylic acids is 4. The van der Waals surface area contributed by atoms with Gasteiger partial charge in [-0.3, -0.25) is 36.8 Å². The molecular weight excluding hydrogens is 1990 g/mol. The van der Waals surface area contributed by atoms with Crippen molar-refractivity contribution in [3.8, 4) is 23.0 Å². The minimum atomic E-state index is -0.806. The first-order valence-electron chi connectivity index (χ1n) is 45.8. The Morgan fingerprint density at radius 3 is 1.06 bits per heavy atom. The predicted molar refractivity (Wildman–Crippen MR) is 586 cm³/mol. The normalized spacial score (nSPS) is 16.4. The van der Waals surface area contributed by atoms with Crippen molar-refractivity contribution in [2.24, 2.45) is 11.8 Å². The van der Waals surface area contributed by atoms with Crippen LogP contribution in [-0.4, -0.2) is 154 Å².